The number of benzene rings is 1. The summed E-state index contributed by atoms with van der Waals surface area (Å²) in [5, 5.41) is 0. The lowest BCUT2D eigenvalue weighted by molar-refractivity contribution is -0.145. The molecule has 0 bridgehead atoms. The first-order valence-electron chi connectivity index (χ1n) is 6.41. The SMILES string of the molecule is Cc1ccc([C@]23CCC(=O)N2C=CC(=O)N3C)cc1. The number of rotatable bonds is 1. The van der Waals surface area contributed by atoms with Gasteiger partial charge in [-0.3, -0.25) is 14.5 Å². The Bertz CT molecular complexity index is 576. The summed E-state index contributed by atoms with van der Waals surface area (Å²) in [6.07, 6.45) is 4.19. The summed E-state index contributed by atoms with van der Waals surface area (Å²) in [6, 6.07) is 8.04. The van der Waals surface area contributed by atoms with Gasteiger partial charge in [-0.1, -0.05) is 29.8 Å². The van der Waals surface area contributed by atoms with Crippen molar-refractivity contribution in [3.05, 3.63) is 47.7 Å². The maximum Gasteiger partial charge on any atom is 0.249 e. The fraction of sp³-hybridized carbons (Fsp3) is 0.333. The molecular weight excluding hydrogens is 240 g/mol. The van der Waals surface area contributed by atoms with Crippen LogP contribution in [-0.2, 0) is 15.3 Å². The number of likely N-dealkylation sites (N-methyl/N-ethyl adjacent to an activating group) is 1. The highest BCUT2D eigenvalue weighted by molar-refractivity contribution is 5.93. The number of carbonyl (C=O) groups is 2. The number of fused-ring (bicyclic) bond motifs is 1. The average Bonchev–Trinajstić information content (AvgIpc) is 2.74. The molecule has 2 heterocycles. The van der Waals surface area contributed by atoms with E-state index in [1.807, 2.05) is 31.2 Å². The molecule has 0 aromatic heterocycles. The van der Waals surface area contributed by atoms with E-state index in [-0.39, 0.29) is 11.8 Å². The van der Waals surface area contributed by atoms with E-state index in [1.165, 1.54) is 6.08 Å². The number of carbonyl (C=O) groups excluding carboxylic acids is 2. The molecule has 1 atom stereocenters. The summed E-state index contributed by atoms with van der Waals surface area (Å²) in [7, 11) is 1.76. The Balaban J connectivity index is 2.17. The van der Waals surface area contributed by atoms with Gasteiger partial charge in [0.1, 0.15) is 5.66 Å². The van der Waals surface area contributed by atoms with Crippen LogP contribution in [0.5, 0.6) is 0 Å². The van der Waals surface area contributed by atoms with Gasteiger partial charge in [0.05, 0.1) is 0 Å². The molecule has 98 valence electrons. The maximum atomic E-state index is 12.0. The Morgan fingerprint density at radius 3 is 2.53 bits per heavy atom. The molecule has 19 heavy (non-hydrogen) atoms. The molecular formula is C15H16N2O2. The van der Waals surface area contributed by atoms with Crippen LogP contribution in [0.25, 0.3) is 0 Å². The molecule has 0 unspecified atom stereocenters. The van der Waals surface area contributed by atoms with E-state index >= 15 is 0 Å². The standard InChI is InChI=1S/C15H16N2O2/c1-11-3-5-12(6-4-11)15-9-7-14(19)17(15)10-8-13(18)16(15)2/h3-6,8,10H,7,9H2,1-2H3/t15-/m0/s1. The van der Waals surface area contributed by atoms with Crippen LogP contribution < -0.4 is 0 Å². The van der Waals surface area contributed by atoms with Gasteiger partial charge in [0.2, 0.25) is 11.8 Å². The quantitative estimate of drug-likeness (QED) is 0.768. The van der Waals surface area contributed by atoms with Gasteiger partial charge in [-0.2, -0.15) is 0 Å². The lowest BCUT2D eigenvalue weighted by atomic mass is 9.93. The second-order valence-corrected chi connectivity index (χ2v) is 5.16. The molecule has 4 nitrogen and oxygen atoms in total. The number of aryl methyl sites for hydroxylation is 1. The van der Waals surface area contributed by atoms with Crippen LogP contribution in [0.2, 0.25) is 0 Å². The Hall–Kier alpha value is -2.10. The predicted molar refractivity (Wildman–Crippen MR) is 70.8 cm³/mol. The molecule has 2 aliphatic rings. The maximum absolute atomic E-state index is 12.0. The molecule has 2 amide bonds. The third kappa shape index (κ3) is 1.52. The number of hydrogen-bond acceptors (Lipinski definition) is 2. The minimum atomic E-state index is -0.642. The summed E-state index contributed by atoms with van der Waals surface area (Å²) >= 11 is 0. The van der Waals surface area contributed by atoms with Crippen LogP contribution in [0.3, 0.4) is 0 Å². The monoisotopic (exact) mass is 256 g/mol. The fourth-order valence-electron chi connectivity index (χ4n) is 2.99. The Morgan fingerprint density at radius 2 is 1.84 bits per heavy atom. The molecule has 3 rings (SSSR count). The molecule has 4 heteroatoms. The Labute approximate surface area is 112 Å². The van der Waals surface area contributed by atoms with Gasteiger partial charge in [-0.25, -0.2) is 0 Å². The summed E-state index contributed by atoms with van der Waals surface area (Å²) in [5.74, 6) is 0.00250. The van der Waals surface area contributed by atoms with Crippen LogP contribution in [0, 0.1) is 6.92 Å². The molecule has 1 fully saturated rings. The molecule has 0 spiro atoms. The van der Waals surface area contributed by atoms with Crippen molar-refractivity contribution < 1.29 is 9.59 Å². The molecule has 2 aliphatic heterocycles. The number of amides is 2. The zero-order valence-corrected chi connectivity index (χ0v) is 11.1. The van der Waals surface area contributed by atoms with Crippen molar-refractivity contribution in [2.75, 3.05) is 7.05 Å². The zero-order chi connectivity index (χ0) is 13.6. The lowest BCUT2D eigenvalue weighted by Gasteiger charge is -2.46. The average molecular weight is 256 g/mol. The van der Waals surface area contributed by atoms with E-state index in [0.717, 1.165) is 11.1 Å². The van der Waals surface area contributed by atoms with Gasteiger partial charge in [0.25, 0.3) is 0 Å². The summed E-state index contributed by atoms with van der Waals surface area (Å²) < 4.78 is 0. The van der Waals surface area contributed by atoms with Crippen molar-refractivity contribution in [3.8, 4) is 0 Å². The summed E-state index contributed by atoms with van der Waals surface area (Å²) in [4.78, 5) is 27.4. The van der Waals surface area contributed by atoms with Gasteiger partial charge in [-0.05, 0) is 12.5 Å². The topological polar surface area (TPSA) is 40.6 Å². The highest BCUT2D eigenvalue weighted by atomic mass is 16.2. The van der Waals surface area contributed by atoms with Crippen LogP contribution in [0.4, 0.5) is 0 Å². The lowest BCUT2D eigenvalue weighted by Crippen LogP contribution is -2.56. The van der Waals surface area contributed by atoms with Crippen molar-refractivity contribution >= 4 is 11.8 Å². The van der Waals surface area contributed by atoms with Gasteiger partial charge < -0.3 is 4.90 Å². The smallest absolute Gasteiger partial charge is 0.249 e. The number of nitrogens with zero attached hydrogens (tertiary/aromatic N) is 2. The number of hydrogen-bond donors (Lipinski definition) is 0. The van der Waals surface area contributed by atoms with Crippen molar-refractivity contribution in [1.29, 1.82) is 0 Å². The van der Waals surface area contributed by atoms with Crippen LogP contribution >= 0.6 is 0 Å². The fourth-order valence-corrected chi connectivity index (χ4v) is 2.99. The van der Waals surface area contributed by atoms with E-state index in [2.05, 4.69) is 0 Å². The van der Waals surface area contributed by atoms with E-state index in [0.29, 0.717) is 12.8 Å². The van der Waals surface area contributed by atoms with Crippen molar-refractivity contribution in [2.45, 2.75) is 25.4 Å². The first-order valence-corrected chi connectivity index (χ1v) is 6.41. The van der Waals surface area contributed by atoms with Gasteiger partial charge in [0, 0.05) is 32.2 Å². The van der Waals surface area contributed by atoms with Gasteiger partial charge >= 0.3 is 0 Å². The molecule has 0 saturated carbocycles. The second-order valence-electron chi connectivity index (χ2n) is 5.16. The zero-order valence-electron chi connectivity index (χ0n) is 11.1. The summed E-state index contributed by atoms with van der Waals surface area (Å²) in [6.45, 7) is 2.02. The van der Waals surface area contributed by atoms with Crippen molar-refractivity contribution in [3.63, 3.8) is 0 Å². The van der Waals surface area contributed by atoms with Crippen LogP contribution in [0.15, 0.2) is 36.5 Å². The second kappa shape index (κ2) is 3.95. The Morgan fingerprint density at radius 1 is 1.16 bits per heavy atom. The Kier molecular flexibility index (Phi) is 2.49. The minimum absolute atomic E-state index is 0.0634. The highest BCUT2D eigenvalue weighted by Gasteiger charge is 2.51. The van der Waals surface area contributed by atoms with E-state index in [4.69, 9.17) is 0 Å². The van der Waals surface area contributed by atoms with Gasteiger partial charge in [-0.15, -0.1) is 0 Å². The first kappa shape index (κ1) is 12.0. The van der Waals surface area contributed by atoms with Gasteiger partial charge in [0.15, 0.2) is 0 Å². The molecule has 0 radical (unpaired) electrons. The van der Waals surface area contributed by atoms with Crippen molar-refractivity contribution in [1.82, 2.24) is 9.80 Å². The predicted octanol–water partition coefficient (Wildman–Crippen LogP) is 1.76. The van der Waals surface area contributed by atoms with E-state index in [9.17, 15) is 9.59 Å². The molecule has 1 aromatic rings. The van der Waals surface area contributed by atoms with Crippen molar-refractivity contribution in [2.24, 2.45) is 0 Å². The minimum Gasteiger partial charge on any atom is -0.315 e. The third-order valence-corrected chi connectivity index (χ3v) is 4.12. The highest BCUT2D eigenvalue weighted by Crippen LogP contribution is 2.44. The van der Waals surface area contributed by atoms with Crippen LogP contribution in [-0.4, -0.2) is 28.7 Å². The largest absolute Gasteiger partial charge is 0.315 e. The molecule has 1 aromatic carbocycles. The third-order valence-electron chi connectivity index (χ3n) is 4.12. The van der Waals surface area contributed by atoms with E-state index in [1.54, 1.807) is 23.0 Å². The van der Waals surface area contributed by atoms with Crippen LogP contribution in [0.1, 0.15) is 24.0 Å². The van der Waals surface area contributed by atoms with E-state index < -0.39 is 5.66 Å². The first-order chi connectivity index (χ1) is 9.05. The molecule has 1 saturated heterocycles. The normalized spacial score (nSPS) is 26.0. The molecule has 0 aliphatic carbocycles. The molecule has 0 N–H and O–H groups in total. The summed E-state index contributed by atoms with van der Waals surface area (Å²) in [5.41, 5.74) is 1.51.